The van der Waals surface area contributed by atoms with Crippen molar-refractivity contribution in [1.29, 1.82) is 0 Å². The Balaban J connectivity index is 1.84. The zero-order chi connectivity index (χ0) is 15.2. The minimum Gasteiger partial charge on any atom is -0.497 e. The van der Waals surface area contributed by atoms with Crippen LogP contribution in [0.15, 0.2) is 42.7 Å². The van der Waals surface area contributed by atoms with Gasteiger partial charge in [-0.05, 0) is 30.3 Å². The largest absolute Gasteiger partial charge is 0.497 e. The number of hydrogen-bond acceptors (Lipinski definition) is 3. The Morgan fingerprint density at radius 2 is 1.81 bits per heavy atom. The van der Waals surface area contributed by atoms with Crippen molar-refractivity contribution in [3.63, 3.8) is 0 Å². The maximum absolute atomic E-state index is 11.9. The van der Waals surface area contributed by atoms with E-state index in [2.05, 4.69) is 0 Å². The molecule has 1 heterocycles. The van der Waals surface area contributed by atoms with Gasteiger partial charge in [-0.2, -0.15) is 0 Å². The smallest absolute Gasteiger partial charge is 0.166 e. The number of carbonyl (C=O) groups is 1. The molecule has 1 aromatic carbocycles. The first-order valence-electron chi connectivity index (χ1n) is 7.07. The zero-order valence-electron chi connectivity index (χ0n) is 12.7. The molecule has 0 aliphatic carbocycles. The van der Waals surface area contributed by atoms with E-state index in [0.29, 0.717) is 13.2 Å². The topological polar surface area (TPSA) is 40.5 Å². The van der Waals surface area contributed by atoms with E-state index in [1.165, 1.54) is 0 Å². The molecule has 0 bridgehead atoms. The van der Waals surface area contributed by atoms with Crippen molar-refractivity contribution in [1.82, 2.24) is 4.57 Å². The van der Waals surface area contributed by atoms with E-state index in [9.17, 15) is 4.79 Å². The van der Waals surface area contributed by atoms with Crippen molar-refractivity contribution in [2.45, 2.75) is 20.4 Å². The van der Waals surface area contributed by atoms with Crippen molar-refractivity contribution in [3.05, 3.63) is 48.3 Å². The third-order valence-corrected chi connectivity index (χ3v) is 3.24. The van der Waals surface area contributed by atoms with Crippen LogP contribution in [0.1, 0.15) is 24.2 Å². The second-order valence-corrected chi connectivity index (χ2v) is 5.18. The number of ether oxygens (including phenoxy) is 2. The molecule has 0 spiro atoms. The lowest BCUT2D eigenvalue weighted by Crippen LogP contribution is -2.08. The highest BCUT2D eigenvalue weighted by Crippen LogP contribution is 2.17. The molecule has 2 aromatic rings. The van der Waals surface area contributed by atoms with Crippen LogP contribution in [-0.4, -0.2) is 24.1 Å². The molecule has 0 N–H and O–H groups in total. The highest BCUT2D eigenvalue weighted by Gasteiger charge is 2.11. The van der Waals surface area contributed by atoms with Gasteiger partial charge in [0.05, 0.1) is 13.7 Å². The van der Waals surface area contributed by atoms with Crippen LogP contribution in [0.25, 0.3) is 0 Å². The molecular formula is C17H21NO3. The highest BCUT2D eigenvalue weighted by molar-refractivity contribution is 5.97. The van der Waals surface area contributed by atoms with Crippen molar-refractivity contribution in [3.8, 4) is 11.5 Å². The molecule has 0 radical (unpaired) electrons. The minimum absolute atomic E-state index is 0.0244. The van der Waals surface area contributed by atoms with Crippen LogP contribution < -0.4 is 9.47 Å². The van der Waals surface area contributed by atoms with Gasteiger partial charge in [-0.15, -0.1) is 0 Å². The van der Waals surface area contributed by atoms with Crippen LogP contribution in [-0.2, 0) is 6.54 Å². The number of methoxy groups -OCH3 is 1. The number of rotatable bonds is 7. The molecule has 0 unspecified atom stereocenters. The predicted molar refractivity (Wildman–Crippen MR) is 82.1 cm³/mol. The van der Waals surface area contributed by atoms with Crippen LogP contribution >= 0.6 is 0 Å². The maximum Gasteiger partial charge on any atom is 0.166 e. The fourth-order valence-electron chi connectivity index (χ4n) is 2.00. The van der Waals surface area contributed by atoms with Gasteiger partial charge in [0.2, 0.25) is 0 Å². The van der Waals surface area contributed by atoms with Gasteiger partial charge < -0.3 is 14.0 Å². The van der Waals surface area contributed by atoms with Gasteiger partial charge in [-0.1, -0.05) is 13.8 Å². The van der Waals surface area contributed by atoms with Crippen LogP contribution in [0.2, 0.25) is 0 Å². The van der Waals surface area contributed by atoms with E-state index in [-0.39, 0.29) is 11.7 Å². The second kappa shape index (κ2) is 6.97. The second-order valence-electron chi connectivity index (χ2n) is 5.18. The van der Waals surface area contributed by atoms with Crippen LogP contribution in [0.5, 0.6) is 11.5 Å². The molecule has 1 aromatic heterocycles. The summed E-state index contributed by atoms with van der Waals surface area (Å²) in [5.74, 6) is 1.81. The van der Waals surface area contributed by atoms with E-state index in [1.807, 2.05) is 61.1 Å². The molecule has 21 heavy (non-hydrogen) atoms. The quantitative estimate of drug-likeness (QED) is 0.733. The monoisotopic (exact) mass is 287 g/mol. The molecule has 0 aliphatic heterocycles. The van der Waals surface area contributed by atoms with Gasteiger partial charge in [0.1, 0.15) is 18.1 Å². The van der Waals surface area contributed by atoms with Crippen molar-refractivity contribution in [2.24, 2.45) is 5.92 Å². The third kappa shape index (κ3) is 4.12. The molecule has 4 nitrogen and oxygen atoms in total. The number of carbonyl (C=O) groups excluding carboxylic acids is 1. The summed E-state index contributed by atoms with van der Waals surface area (Å²) in [4.78, 5) is 11.9. The average molecular weight is 287 g/mol. The van der Waals surface area contributed by atoms with Crippen LogP contribution in [0, 0.1) is 5.92 Å². The van der Waals surface area contributed by atoms with Gasteiger partial charge in [0.15, 0.2) is 5.78 Å². The standard InChI is InChI=1S/C17H21NO3/c1-13(2)17(19)14-8-9-18(12-14)10-11-21-16-6-4-15(20-3)5-7-16/h4-9,12-13H,10-11H2,1-3H3. The number of hydrogen-bond donors (Lipinski definition) is 0. The van der Waals surface area contributed by atoms with E-state index in [1.54, 1.807) is 7.11 Å². The molecule has 0 fully saturated rings. The summed E-state index contributed by atoms with van der Waals surface area (Å²) in [6.07, 6.45) is 3.78. The lowest BCUT2D eigenvalue weighted by molar-refractivity contribution is 0.0939. The van der Waals surface area contributed by atoms with Crippen molar-refractivity contribution < 1.29 is 14.3 Å². The molecule has 4 heteroatoms. The number of benzene rings is 1. The normalized spacial score (nSPS) is 10.7. The Hall–Kier alpha value is -2.23. The molecule has 0 aliphatic rings. The summed E-state index contributed by atoms with van der Waals surface area (Å²) in [5.41, 5.74) is 0.759. The Bertz CT molecular complexity index is 584. The number of ketones is 1. The number of Topliss-reactive ketones (excluding diaryl/α,β-unsaturated/α-hetero) is 1. The minimum atomic E-state index is 0.0244. The van der Waals surface area contributed by atoms with E-state index in [4.69, 9.17) is 9.47 Å². The molecule has 2 rings (SSSR count). The first-order valence-corrected chi connectivity index (χ1v) is 7.07. The van der Waals surface area contributed by atoms with Gasteiger partial charge in [-0.3, -0.25) is 4.79 Å². The van der Waals surface area contributed by atoms with Crippen molar-refractivity contribution >= 4 is 5.78 Å². The zero-order valence-corrected chi connectivity index (χ0v) is 12.7. The molecule has 0 saturated carbocycles. The van der Waals surface area contributed by atoms with E-state index < -0.39 is 0 Å². The fraction of sp³-hybridized carbons (Fsp3) is 0.353. The Morgan fingerprint density at radius 1 is 1.14 bits per heavy atom. The summed E-state index contributed by atoms with van der Waals surface area (Å²) in [7, 11) is 1.64. The molecule has 112 valence electrons. The first-order chi connectivity index (χ1) is 10.1. The predicted octanol–water partition coefficient (Wildman–Crippen LogP) is 3.41. The Kier molecular flexibility index (Phi) is 5.04. The molecular weight excluding hydrogens is 266 g/mol. The molecule has 0 amide bonds. The van der Waals surface area contributed by atoms with Gasteiger partial charge >= 0.3 is 0 Å². The summed E-state index contributed by atoms with van der Waals surface area (Å²) >= 11 is 0. The SMILES string of the molecule is COc1ccc(OCCn2ccc(C(=O)C(C)C)c2)cc1. The number of aromatic nitrogens is 1. The average Bonchev–Trinajstić information content (AvgIpc) is 2.96. The summed E-state index contributed by atoms with van der Waals surface area (Å²) in [6.45, 7) is 5.08. The summed E-state index contributed by atoms with van der Waals surface area (Å²) < 4.78 is 12.7. The van der Waals surface area contributed by atoms with Gasteiger partial charge in [0, 0.05) is 23.9 Å². The third-order valence-electron chi connectivity index (χ3n) is 3.24. The lowest BCUT2D eigenvalue weighted by atomic mass is 10.0. The van der Waals surface area contributed by atoms with Gasteiger partial charge in [-0.25, -0.2) is 0 Å². The lowest BCUT2D eigenvalue weighted by Gasteiger charge is -2.08. The first kappa shape index (κ1) is 15.2. The Labute approximate surface area is 125 Å². The van der Waals surface area contributed by atoms with Crippen molar-refractivity contribution in [2.75, 3.05) is 13.7 Å². The number of nitrogens with zero attached hydrogens (tertiary/aromatic N) is 1. The molecule has 0 atom stereocenters. The Morgan fingerprint density at radius 3 is 2.43 bits per heavy atom. The highest BCUT2D eigenvalue weighted by atomic mass is 16.5. The van der Waals surface area contributed by atoms with Crippen LogP contribution in [0.4, 0.5) is 0 Å². The maximum atomic E-state index is 11.9. The van der Waals surface area contributed by atoms with E-state index in [0.717, 1.165) is 17.1 Å². The van der Waals surface area contributed by atoms with E-state index >= 15 is 0 Å². The fourth-order valence-corrected chi connectivity index (χ4v) is 2.00. The summed E-state index contributed by atoms with van der Waals surface area (Å²) in [6, 6.07) is 9.34. The van der Waals surface area contributed by atoms with Gasteiger partial charge in [0.25, 0.3) is 0 Å². The van der Waals surface area contributed by atoms with Crippen LogP contribution in [0.3, 0.4) is 0 Å². The summed E-state index contributed by atoms with van der Waals surface area (Å²) in [5, 5.41) is 0. The molecule has 0 saturated heterocycles.